The summed E-state index contributed by atoms with van der Waals surface area (Å²) in [4.78, 5) is 22.9. The molecule has 0 bridgehead atoms. The van der Waals surface area contributed by atoms with Crippen molar-refractivity contribution < 1.29 is 24.2 Å². The number of carbonyl (C=O) groups is 2. The van der Waals surface area contributed by atoms with Crippen LogP contribution in [0.2, 0.25) is 0 Å². The number of rotatable bonds is 8. The van der Waals surface area contributed by atoms with E-state index in [1.54, 1.807) is 55.6 Å². The molecule has 0 radical (unpaired) electrons. The van der Waals surface area contributed by atoms with E-state index in [0.29, 0.717) is 22.7 Å². The fraction of sp³-hybridized carbons (Fsp3) is 0.0870. The van der Waals surface area contributed by atoms with Crippen molar-refractivity contribution in [3.8, 4) is 11.5 Å². The molecule has 0 unspecified atom stereocenters. The monoisotopic (exact) mass is 419 g/mol. The highest BCUT2D eigenvalue weighted by molar-refractivity contribution is 5.91. The van der Waals surface area contributed by atoms with E-state index in [9.17, 15) is 9.59 Å². The van der Waals surface area contributed by atoms with Crippen molar-refractivity contribution in [1.82, 2.24) is 5.43 Å². The maximum absolute atomic E-state index is 12.0. The number of nitrogens with one attached hydrogen (secondary N) is 2. The molecule has 2 amide bonds. The van der Waals surface area contributed by atoms with Crippen molar-refractivity contribution in [2.45, 2.75) is 6.61 Å². The summed E-state index contributed by atoms with van der Waals surface area (Å²) in [5, 5.41) is 15.6. The van der Waals surface area contributed by atoms with Crippen molar-refractivity contribution in [1.29, 1.82) is 0 Å². The molecule has 0 fully saturated rings. The number of anilines is 1. The Hall–Kier alpha value is -4.33. The average molecular weight is 419 g/mol. The van der Waals surface area contributed by atoms with Crippen LogP contribution in [0.1, 0.15) is 21.5 Å². The number of carbonyl (C=O) groups excluding carboxylic acids is 1. The van der Waals surface area contributed by atoms with Crippen LogP contribution < -0.4 is 20.2 Å². The van der Waals surface area contributed by atoms with Gasteiger partial charge >= 0.3 is 12.0 Å². The zero-order valence-electron chi connectivity index (χ0n) is 16.7. The van der Waals surface area contributed by atoms with Crippen LogP contribution in [0.5, 0.6) is 11.5 Å². The zero-order valence-corrected chi connectivity index (χ0v) is 16.7. The predicted molar refractivity (Wildman–Crippen MR) is 117 cm³/mol. The number of carboxylic acids is 1. The van der Waals surface area contributed by atoms with E-state index in [4.69, 9.17) is 14.6 Å². The van der Waals surface area contributed by atoms with E-state index in [0.717, 1.165) is 5.56 Å². The quantitative estimate of drug-likeness (QED) is 0.376. The largest absolute Gasteiger partial charge is 0.497 e. The summed E-state index contributed by atoms with van der Waals surface area (Å²) in [6.45, 7) is 0.260. The SMILES string of the molecule is COc1ccc(NC(=O)N/N=C/c2ccccc2OCc2ccc(C(=O)O)cc2)cc1. The fourth-order valence-corrected chi connectivity index (χ4v) is 2.62. The number of amides is 2. The molecular weight excluding hydrogens is 398 g/mol. The number of nitrogens with zero attached hydrogens (tertiary/aromatic N) is 1. The highest BCUT2D eigenvalue weighted by Crippen LogP contribution is 2.18. The van der Waals surface area contributed by atoms with Gasteiger partial charge in [-0.15, -0.1) is 0 Å². The molecule has 0 aromatic heterocycles. The molecule has 0 saturated heterocycles. The standard InChI is InChI=1S/C23H21N3O5/c1-30-20-12-10-19(11-13-20)25-23(29)26-24-14-18-4-2-3-5-21(18)31-15-16-6-8-17(9-7-16)22(27)28/h2-14H,15H2,1H3,(H,27,28)(H2,25,26,29)/b24-14+. The van der Waals surface area contributed by atoms with Crippen molar-refractivity contribution in [2.75, 3.05) is 12.4 Å². The number of carboxylic acid groups (broad SMARTS) is 1. The van der Waals surface area contributed by atoms with Crippen LogP contribution in [0, 0.1) is 0 Å². The van der Waals surface area contributed by atoms with Crippen LogP contribution in [0.15, 0.2) is 77.9 Å². The summed E-state index contributed by atoms with van der Waals surface area (Å²) < 4.78 is 10.9. The molecule has 0 atom stereocenters. The molecule has 3 N–H and O–H groups in total. The molecular formula is C23H21N3O5. The Kier molecular flexibility index (Phi) is 7.21. The van der Waals surface area contributed by atoms with E-state index >= 15 is 0 Å². The maximum Gasteiger partial charge on any atom is 0.339 e. The second kappa shape index (κ2) is 10.4. The van der Waals surface area contributed by atoms with Crippen LogP contribution in [-0.4, -0.2) is 30.4 Å². The van der Waals surface area contributed by atoms with Crippen LogP contribution in [-0.2, 0) is 6.61 Å². The number of ether oxygens (including phenoxy) is 2. The first-order valence-corrected chi connectivity index (χ1v) is 9.33. The fourth-order valence-electron chi connectivity index (χ4n) is 2.62. The molecule has 0 heterocycles. The summed E-state index contributed by atoms with van der Waals surface area (Å²) in [5.74, 6) is 0.293. The van der Waals surface area contributed by atoms with Gasteiger partial charge in [-0.25, -0.2) is 15.0 Å². The lowest BCUT2D eigenvalue weighted by Crippen LogP contribution is -2.24. The highest BCUT2D eigenvalue weighted by Gasteiger charge is 2.05. The number of urea groups is 1. The third kappa shape index (κ3) is 6.33. The first-order chi connectivity index (χ1) is 15.0. The van der Waals surface area contributed by atoms with Gasteiger partial charge in [-0.05, 0) is 54.1 Å². The summed E-state index contributed by atoms with van der Waals surface area (Å²) in [6.07, 6.45) is 1.48. The Morgan fingerprint density at radius 3 is 2.39 bits per heavy atom. The van der Waals surface area contributed by atoms with Gasteiger partial charge in [-0.1, -0.05) is 24.3 Å². The van der Waals surface area contributed by atoms with Gasteiger partial charge in [0.05, 0.1) is 18.9 Å². The summed E-state index contributed by atoms with van der Waals surface area (Å²) in [5.41, 5.74) is 4.73. The zero-order chi connectivity index (χ0) is 22.1. The van der Waals surface area contributed by atoms with Crippen LogP contribution in [0.4, 0.5) is 10.5 Å². The van der Waals surface area contributed by atoms with E-state index in [1.165, 1.54) is 18.3 Å². The molecule has 158 valence electrons. The number of benzene rings is 3. The lowest BCUT2D eigenvalue weighted by atomic mass is 10.1. The van der Waals surface area contributed by atoms with Gasteiger partial charge in [0.2, 0.25) is 0 Å². The minimum atomic E-state index is -0.974. The Morgan fingerprint density at radius 1 is 1.00 bits per heavy atom. The highest BCUT2D eigenvalue weighted by atomic mass is 16.5. The molecule has 0 aliphatic heterocycles. The van der Waals surface area contributed by atoms with Gasteiger partial charge in [0.1, 0.15) is 18.1 Å². The molecule has 3 aromatic rings. The summed E-state index contributed by atoms with van der Waals surface area (Å²) in [6, 6.07) is 20.1. The molecule has 0 aliphatic rings. The van der Waals surface area contributed by atoms with Crippen LogP contribution in [0.25, 0.3) is 0 Å². The molecule has 8 nitrogen and oxygen atoms in total. The van der Waals surface area contributed by atoms with Gasteiger partial charge in [-0.2, -0.15) is 5.10 Å². The minimum absolute atomic E-state index is 0.218. The molecule has 8 heteroatoms. The molecule has 3 aromatic carbocycles. The first-order valence-electron chi connectivity index (χ1n) is 9.33. The lowest BCUT2D eigenvalue weighted by molar-refractivity contribution is 0.0696. The molecule has 0 spiro atoms. The van der Waals surface area contributed by atoms with Crippen molar-refractivity contribution in [3.63, 3.8) is 0 Å². The number of methoxy groups -OCH3 is 1. The third-order valence-corrected chi connectivity index (χ3v) is 4.23. The topological polar surface area (TPSA) is 109 Å². The van der Waals surface area contributed by atoms with Crippen LogP contribution in [0.3, 0.4) is 0 Å². The van der Waals surface area contributed by atoms with Gasteiger partial charge in [0, 0.05) is 11.3 Å². The van der Waals surface area contributed by atoms with Crippen molar-refractivity contribution >= 4 is 23.9 Å². The van der Waals surface area contributed by atoms with E-state index < -0.39 is 12.0 Å². The Bertz CT molecular complexity index is 1060. The average Bonchev–Trinajstić information content (AvgIpc) is 2.79. The van der Waals surface area contributed by atoms with E-state index in [-0.39, 0.29) is 12.2 Å². The van der Waals surface area contributed by atoms with Gasteiger partial charge < -0.3 is 19.9 Å². The molecule has 0 saturated carbocycles. The Labute approximate surface area is 179 Å². The van der Waals surface area contributed by atoms with E-state index in [1.807, 2.05) is 12.1 Å². The minimum Gasteiger partial charge on any atom is -0.497 e. The van der Waals surface area contributed by atoms with Crippen LogP contribution >= 0.6 is 0 Å². The third-order valence-electron chi connectivity index (χ3n) is 4.23. The van der Waals surface area contributed by atoms with E-state index in [2.05, 4.69) is 15.8 Å². The normalized spacial score (nSPS) is 10.5. The summed E-state index contributed by atoms with van der Waals surface area (Å²) in [7, 11) is 1.57. The molecule has 31 heavy (non-hydrogen) atoms. The molecule has 0 aliphatic carbocycles. The first kappa shape index (κ1) is 21.4. The van der Waals surface area contributed by atoms with Gasteiger partial charge in [0.15, 0.2) is 0 Å². The number of hydrazone groups is 1. The lowest BCUT2D eigenvalue weighted by Gasteiger charge is -2.09. The smallest absolute Gasteiger partial charge is 0.339 e. The van der Waals surface area contributed by atoms with Gasteiger partial charge in [-0.3, -0.25) is 0 Å². The second-order valence-electron chi connectivity index (χ2n) is 6.38. The molecule has 3 rings (SSSR count). The maximum atomic E-state index is 12.0. The van der Waals surface area contributed by atoms with Gasteiger partial charge in [0.25, 0.3) is 0 Å². The van der Waals surface area contributed by atoms with Crippen molar-refractivity contribution in [2.24, 2.45) is 5.10 Å². The number of hydrogen-bond donors (Lipinski definition) is 3. The number of hydrogen-bond acceptors (Lipinski definition) is 5. The predicted octanol–water partition coefficient (Wildman–Crippen LogP) is 4.13. The van der Waals surface area contributed by atoms with Crippen molar-refractivity contribution in [3.05, 3.63) is 89.5 Å². The number of aromatic carboxylic acids is 1. The summed E-state index contributed by atoms with van der Waals surface area (Å²) >= 11 is 0. The Balaban J connectivity index is 1.55. The Morgan fingerprint density at radius 2 is 1.71 bits per heavy atom. The second-order valence-corrected chi connectivity index (χ2v) is 6.38. The number of para-hydroxylation sites is 1.